The van der Waals surface area contributed by atoms with E-state index in [-0.39, 0.29) is 24.4 Å². The third-order valence-electron chi connectivity index (χ3n) is 8.03. The van der Waals surface area contributed by atoms with E-state index in [9.17, 15) is 0 Å². The summed E-state index contributed by atoms with van der Waals surface area (Å²) in [6.45, 7) is 6.59. The molecule has 0 aromatic heterocycles. The van der Waals surface area contributed by atoms with Gasteiger partial charge in [0.25, 0.3) is 0 Å². The molecule has 43 heavy (non-hydrogen) atoms. The van der Waals surface area contributed by atoms with Crippen molar-refractivity contribution >= 4 is 0 Å². The average Bonchev–Trinajstić information content (AvgIpc) is 3.07. The Bertz CT molecular complexity index is 1290. The average molecular weight is 580 g/mol. The molecule has 1 heterocycles. The van der Waals surface area contributed by atoms with Crippen LogP contribution >= 0.6 is 0 Å². The molecule has 5 nitrogen and oxygen atoms in total. The zero-order valence-corrected chi connectivity index (χ0v) is 25.3. The highest BCUT2D eigenvalue weighted by molar-refractivity contribution is 5.16. The standard InChI is InChI=1S/C38H45NO4/c1-2-3-24-39-25-36(41-27-32-18-10-5-11-19-32)38(43-29-34-22-14-7-15-23-34)37(42-28-33-20-12-6-13-21-33)35(39)30-40-26-31-16-8-4-9-17-31/h4-23,35-38H,2-3,24-30H2,1H3/t35-,36+,37+,38-/m1/s1. The highest BCUT2D eigenvalue weighted by Gasteiger charge is 2.46. The second-order valence-corrected chi connectivity index (χ2v) is 11.3. The number of benzene rings is 4. The summed E-state index contributed by atoms with van der Waals surface area (Å²) in [7, 11) is 0. The van der Waals surface area contributed by atoms with Crippen LogP contribution < -0.4 is 0 Å². The molecule has 0 unspecified atom stereocenters. The minimum Gasteiger partial charge on any atom is -0.375 e. The van der Waals surface area contributed by atoms with Crippen molar-refractivity contribution in [2.45, 2.75) is 70.5 Å². The predicted molar refractivity (Wildman–Crippen MR) is 171 cm³/mol. The fourth-order valence-electron chi connectivity index (χ4n) is 5.67. The number of hydrogen-bond donors (Lipinski definition) is 0. The van der Waals surface area contributed by atoms with E-state index in [0.29, 0.717) is 33.0 Å². The molecule has 0 amide bonds. The summed E-state index contributed by atoms with van der Waals surface area (Å²) in [5, 5.41) is 0. The van der Waals surface area contributed by atoms with E-state index in [1.807, 2.05) is 24.3 Å². The van der Waals surface area contributed by atoms with Gasteiger partial charge in [0.2, 0.25) is 0 Å². The monoisotopic (exact) mass is 579 g/mol. The van der Waals surface area contributed by atoms with E-state index in [1.165, 1.54) is 5.56 Å². The lowest BCUT2D eigenvalue weighted by molar-refractivity contribution is -0.210. The highest BCUT2D eigenvalue weighted by atomic mass is 16.6. The number of rotatable bonds is 16. The predicted octanol–water partition coefficient (Wildman–Crippen LogP) is 7.44. The quantitative estimate of drug-likeness (QED) is 0.138. The molecule has 1 aliphatic rings. The molecular formula is C38H45NO4. The lowest BCUT2D eigenvalue weighted by Crippen LogP contribution is -2.64. The number of piperidine rings is 1. The van der Waals surface area contributed by atoms with Gasteiger partial charge in [0.1, 0.15) is 12.2 Å². The zero-order chi connectivity index (χ0) is 29.5. The maximum absolute atomic E-state index is 6.85. The Morgan fingerprint density at radius 1 is 0.558 bits per heavy atom. The van der Waals surface area contributed by atoms with Crippen molar-refractivity contribution in [3.05, 3.63) is 144 Å². The Kier molecular flexibility index (Phi) is 12.4. The van der Waals surface area contributed by atoms with E-state index in [4.69, 9.17) is 18.9 Å². The molecular weight excluding hydrogens is 534 g/mol. The summed E-state index contributed by atoms with van der Waals surface area (Å²) < 4.78 is 26.7. The first-order valence-electron chi connectivity index (χ1n) is 15.6. The van der Waals surface area contributed by atoms with Crippen LogP contribution in [-0.4, -0.2) is 49.0 Å². The van der Waals surface area contributed by atoms with Crippen molar-refractivity contribution in [3.63, 3.8) is 0 Å². The Morgan fingerprint density at radius 3 is 1.49 bits per heavy atom. The summed E-state index contributed by atoms with van der Waals surface area (Å²) in [6, 6.07) is 41.5. The first kappa shape index (κ1) is 31.1. The lowest BCUT2D eigenvalue weighted by Gasteiger charge is -2.48. The molecule has 5 heteroatoms. The Balaban J connectivity index is 1.41. The summed E-state index contributed by atoms with van der Waals surface area (Å²) in [5.41, 5.74) is 4.60. The van der Waals surface area contributed by atoms with Crippen LogP contribution in [0, 0.1) is 0 Å². The van der Waals surface area contributed by atoms with Gasteiger partial charge in [0.05, 0.1) is 45.2 Å². The molecule has 4 aromatic rings. The molecule has 4 atom stereocenters. The molecule has 0 N–H and O–H groups in total. The van der Waals surface area contributed by atoms with Crippen LogP contribution in [0.25, 0.3) is 0 Å². The third-order valence-corrected chi connectivity index (χ3v) is 8.03. The maximum Gasteiger partial charge on any atom is 0.113 e. The summed E-state index contributed by atoms with van der Waals surface area (Å²) in [4.78, 5) is 2.52. The molecule has 1 aliphatic heterocycles. The Hall–Kier alpha value is -3.32. The second-order valence-electron chi connectivity index (χ2n) is 11.3. The van der Waals surface area contributed by atoms with Gasteiger partial charge in [-0.05, 0) is 35.2 Å². The SMILES string of the molecule is CCCCN1C[C@H](OCc2ccccc2)[C@@H](OCc2ccccc2)[C@@H](OCc2ccccc2)[C@H]1COCc1ccccc1. The van der Waals surface area contributed by atoms with E-state index < -0.39 is 0 Å². The highest BCUT2D eigenvalue weighted by Crippen LogP contribution is 2.29. The Morgan fingerprint density at radius 2 is 1.00 bits per heavy atom. The molecule has 0 spiro atoms. The number of nitrogens with zero attached hydrogens (tertiary/aromatic N) is 1. The van der Waals surface area contributed by atoms with Crippen LogP contribution in [0.5, 0.6) is 0 Å². The van der Waals surface area contributed by atoms with E-state index in [1.54, 1.807) is 0 Å². The lowest BCUT2D eigenvalue weighted by atomic mass is 9.92. The normalized spacial score (nSPS) is 20.7. The van der Waals surface area contributed by atoms with Gasteiger partial charge < -0.3 is 18.9 Å². The molecule has 0 bridgehead atoms. The van der Waals surface area contributed by atoms with Crippen LogP contribution in [-0.2, 0) is 45.4 Å². The second kappa shape index (κ2) is 17.1. The van der Waals surface area contributed by atoms with Crippen molar-refractivity contribution < 1.29 is 18.9 Å². The van der Waals surface area contributed by atoms with Gasteiger partial charge >= 0.3 is 0 Å². The van der Waals surface area contributed by atoms with Crippen molar-refractivity contribution in [1.29, 1.82) is 0 Å². The molecule has 4 aromatic carbocycles. The van der Waals surface area contributed by atoms with Gasteiger partial charge in [-0.15, -0.1) is 0 Å². The van der Waals surface area contributed by atoms with Crippen molar-refractivity contribution in [3.8, 4) is 0 Å². The van der Waals surface area contributed by atoms with Gasteiger partial charge in [-0.2, -0.15) is 0 Å². The minimum absolute atomic E-state index is 0.0244. The molecule has 5 rings (SSSR count). The zero-order valence-electron chi connectivity index (χ0n) is 25.3. The van der Waals surface area contributed by atoms with Crippen LogP contribution in [0.4, 0.5) is 0 Å². The van der Waals surface area contributed by atoms with Gasteiger partial charge in [0.15, 0.2) is 0 Å². The first-order valence-corrected chi connectivity index (χ1v) is 15.6. The van der Waals surface area contributed by atoms with Gasteiger partial charge in [-0.25, -0.2) is 0 Å². The number of ether oxygens (including phenoxy) is 4. The Labute approximate surface area is 257 Å². The molecule has 1 fully saturated rings. The molecule has 0 radical (unpaired) electrons. The maximum atomic E-state index is 6.85. The summed E-state index contributed by atoms with van der Waals surface area (Å²) in [6.07, 6.45) is 1.54. The number of hydrogen-bond acceptors (Lipinski definition) is 5. The van der Waals surface area contributed by atoms with E-state index in [0.717, 1.165) is 42.6 Å². The minimum atomic E-state index is -0.268. The number of likely N-dealkylation sites (tertiary alicyclic amines) is 1. The van der Waals surface area contributed by atoms with Gasteiger partial charge in [0, 0.05) is 6.54 Å². The fraction of sp³-hybridized carbons (Fsp3) is 0.368. The van der Waals surface area contributed by atoms with Gasteiger partial charge in [-0.3, -0.25) is 4.90 Å². The van der Waals surface area contributed by atoms with Crippen LogP contribution in [0.2, 0.25) is 0 Å². The summed E-state index contributed by atoms with van der Waals surface area (Å²) in [5.74, 6) is 0. The molecule has 0 saturated carbocycles. The third kappa shape index (κ3) is 9.59. The van der Waals surface area contributed by atoms with Gasteiger partial charge in [-0.1, -0.05) is 135 Å². The fourth-order valence-corrected chi connectivity index (χ4v) is 5.67. The largest absolute Gasteiger partial charge is 0.375 e. The molecule has 0 aliphatic carbocycles. The van der Waals surface area contributed by atoms with Crippen molar-refractivity contribution in [1.82, 2.24) is 4.90 Å². The molecule has 1 saturated heterocycles. The van der Waals surface area contributed by atoms with Crippen molar-refractivity contribution in [2.24, 2.45) is 0 Å². The van der Waals surface area contributed by atoms with E-state index >= 15 is 0 Å². The number of unbranched alkanes of at least 4 members (excludes halogenated alkanes) is 1. The smallest absolute Gasteiger partial charge is 0.113 e. The molecule has 226 valence electrons. The van der Waals surface area contributed by atoms with E-state index in [2.05, 4.69) is 109 Å². The van der Waals surface area contributed by atoms with Crippen LogP contribution in [0.15, 0.2) is 121 Å². The summed E-state index contributed by atoms with van der Waals surface area (Å²) >= 11 is 0. The van der Waals surface area contributed by atoms with Crippen LogP contribution in [0.3, 0.4) is 0 Å². The van der Waals surface area contributed by atoms with Crippen LogP contribution in [0.1, 0.15) is 42.0 Å². The van der Waals surface area contributed by atoms with Crippen molar-refractivity contribution in [2.75, 3.05) is 19.7 Å². The first-order chi connectivity index (χ1) is 21.3. The topological polar surface area (TPSA) is 40.2 Å².